The first-order valence-corrected chi connectivity index (χ1v) is 27.9. The first-order chi connectivity index (χ1) is 28.6. The molecule has 59 heavy (non-hydrogen) atoms. The minimum atomic E-state index is 0.515. The Morgan fingerprint density at radius 2 is 1.29 bits per heavy atom. The number of fused-ring (bicyclic) bond motifs is 4. The van der Waals surface area contributed by atoms with Crippen molar-refractivity contribution in [1.82, 2.24) is 0 Å². The molecule has 0 radical (unpaired) electrons. The van der Waals surface area contributed by atoms with Gasteiger partial charge in [-0.1, -0.05) is 227 Å². The van der Waals surface area contributed by atoms with Crippen LogP contribution >= 0.6 is 0 Å². The van der Waals surface area contributed by atoms with Gasteiger partial charge in [0, 0.05) is 0 Å². The maximum absolute atomic E-state index is 2.89. The highest BCUT2D eigenvalue weighted by Gasteiger charge is 2.56. The molecule has 3 fully saturated rings. The Morgan fingerprint density at radius 1 is 0.610 bits per heavy atom. The number of hydrogen-bond acceptors (Lipinski definition) is 0. The summed E-state index contributed by atoms with van der Waals surface area (Å²) >= 11 is 0. The highest BCUT2D eigenvalue weighted by Crippen LogP contribution is 2.65. The highest BCUT2D eigenvalue weighted by atomic mass is 14.6. The SMILES string of the molecule is CCCCCC(C)CC/C=C\CCCCCCCCCCCCC(CCC)CCCCC1CCC2(C)CC3CCC4(C)C(C(C)CCCC(C)C)CCC4C3CC=C2C1. The summed E-state index contributed by atoms with van der Waals surface area (Å²) in [6.45, 7) is 20.1. The van der Waals surface area contributed by atoms with E-state index in [0.717, 1.165) is 53.3 Å². The zero-order chi connectivity index (χ0) is 42.4. The Labute approximate surface area is 373 Å². The zero-order valence-corrected chi connectivity index (χ0v) is 41.9. The fourth-order valence-corrected chi connectivity index (χ4v) is 14.3. The molecule has 0 saturated heterocycles. The molecule has 0 nitrogen and oxygen atoms in total. The van der Waals surface area contributed by atoms with Crippen molar-refractivity contribution >= 4 is 0 Å². The van der Waals surface area contributed by atoms with Gasteiger partial charge in [-0.25, -0.2) is 0 Å². The molecule has 0 aromatic carbocycles. The Morgan fingerprint density at radius 3 is 2.00 bits per heavy atom. The van der Waals surface area contributed by atoms with Crippen LogP contribution < -0.4 is 0 Å². The van der Waals surface area contributed by atoms with E-state index in [1.807, 2.05) is 5.57 Å². The molecule has 10 unspecified atom stereocenters. The van der Waals surface area contributed by atoms with Gasteiger partial charge in [0.2, 0.25) is 0 Å². The number of hydrogen-bond donors (Lipinski definition) is 0. The smallest absolute Gasteiger partial charge is 0.0113 e. The van der Waals surface area contributed by atoms with Gasteiger partial charge in [0.1, 0.15) is 0 Å². The molecule has 4 aliphatic carbocycles. The molecule has 0 heteroatoms. The molecule has 0 amide bonds. The third kappa shape index (κ3) is 17.5. The van der Waals surface area contributed by atoms with E-state index in [4.69, 9.17) is 0 Å². The first kappa shape index (κ1) is 51.1. The van der Waals surface area contributed by atoms with E-state index in [9.17, 15) is 0 Å². The Bertz CT molecular complexity index is 1120. The Kier molecular flexibility index (Phi) is 24.5. The summed E-state index contributed by atoms with van der Waals surface area (Å²) in [7, 11) is 0. The van der Waals surface area contributed by atoms with Crippen LogP contribution in [0.5, 0.6) is 0 Å². The lowest BCUT2D eigenvalue weighted by Crippen LogP contribution is -2.43. The van der Waals surface area contributed by atoms with E-state index < -0.39 is 0 Å². The molecule has 3 saturated carbocycles. The normalized spacial score (nSPS) is 29.8. The lowest BCUT2D eigenvalue weighted by molar-refractivity contribution is -0.0135. The minimum absolute atomic E-state index is 0.515. The van der Waals surface area contributed by atoms with Crippen molar-refractivity contribution in [2.24, 2.45) is 64.1 Å². The third-order valence-electron chi connectivity index (χ3n) is 18.2. The molecule has 0 spiro atoms. The summed E-state index contributed by atoms with van der Waals surface area (Å²) in [5.74, 6) is 8.63. The molecule has 0 aromatic rings. The van der Waals surface area contributed by atoms with Crippen molar-refractivity contribution in [2.75, 3.05) is 0 Å². The van der Waals surface area contributed by atoms with E-state index in [0.29, 0.717) is 10.8 Å². The molecule has 0 heterocycles. The average Bonchev–Trinajstić information content (AvgIpc) is 3.48. The standard InChI is InChI=1S/C59H108/c1-9-11-24-32-49(5)33-25-22-20-18-16-14-12-13-15-17-19-21-23-26-35-51(30-10-2)36-27-28-37-52-42-44-58(7)47-53-43-45-59(8)56(50(6)34-29-31-48(3)4)40-41-57(59)55(53)39-38-54(58)46-52/h20,22,38,48-53,55-57H,9-19,21,23-37,39-47H2,1-8H3/b22-20-. The van der Waals surface area contributed by atoms with Gasteiger partial charge in [0.25, 0.3) is 0 Å². The Balaban J connectivity index is 1.03. The van der Waals surface area contributed by atoms with Gasteiger partial charge in [-0.15, -0.1) is 0 Å². The number of allylic oxidation sites excluding steroid dienone is 4. The second-order valence-corrected chi connectivity index (χ2v) is 23.6. The summed E-state index contributed by atoms with van der Waals surface area (Å²) in [6.07, 6.45) is 60.3. The van der Waals surface area contributed by atoms with Gasteiger partial charge in [-0.3, -0.25) is 0 Å². The zero-order valence-electron chi connectivity index (χ0n) is 41.9. The van der Waals surface area contributed by atoms with Crippen LogP contribution in [0.2, 0.25) is 0 Å². The van der Waals surface area contributed by atoms with E-state index in [1.54, 1.807) is 0 Å². The van der Waals surface area contributed by atoms with Crippen LogP contribution in [-0.4, -0.2) is 0 Å². The molecular weight excluding hydrogens is 709 g/mol. The van der Waals surface area contributed by atoms with Crippen molar-refractivity contribution in [2.45, 2.75) is 287 Å². The monoisotopic (exact) mass is 817 g/mol. The van der Waals surface area contributed by atoms with Crippen LogP contribution in [0.25, 0.3) is 0 Å². The summed E-state index contributed by atoms with van der Waals surface area (Å²) in [4.78, 5) is 0. The lowest BCUT2D eigenvalue weighted by Gasteiger charge is -2.51. The van der Waals surface area contributed by atoms with Gasteiger partial charge < -0.3 is 0 Å². The second-order valence-electron chi connectivity index (χ2n) is 23.6. The van der Waals surface area contributed by atoms with Crippen molar-refractivity contribution in [3.63, 3.8) is 0 Å². The van der Waals surface area contributed by atoms with E-state index >= 15 is 0 Å². The van der Waals surface area contributed by atoms with Crippen LogP contribution in [-0.2, 0) is 0 Å². The molecule has 344 valence electrons. The summed E-state index contributed by atoms with van der Waals surface area (Å²) in [5.41, 5.74) is 3.06. The van der Waals surface area contributed by atoms with E-state index in [-0.39, 0.29) is 0 Å². The Hall–Kier alpha value is -0.520. The average molecular weight is 818 g/mol. The number of rotatable bonds is 32. The molecular formula is C59H108. The predicted octanol–water partition coefficient (Wildman–Crippen LogP) is 20.2. The van der Waals surface area contributed by atoms with Crippen molar-refractivity contribution in [3.05, 3.63) is 23.8 Å². The molecule has 4 aliphatic rings. The summed E-state index contributed by atoms with van der Waals surface area (Å²) in [6, 6.07) is 0. The van der Waals surface area contributed by atoms with Gasteiger partial charge >= 0.3 is 0 Å². The quantitative estimate of drug-likeness (QED) is 0.0469. The topological polar surface area (TPSA) is 0 Å². The fourth-order valence-electron chi connectivity index (χ4n) is 14.3. The van der Waals surface area contributed by atoms with Gasteiger partial charge in [0.15, 0.2) is 0 Å². The molecule has 0 N–H and O–H groups in total. The summed E-state index contributed by atoms with van der Waals surface area (Å²) < 4.78 is 0. The van der Waals surface area contributed by atoms with Crippen molar-refractivity contribution in [1.29, 1.82) is 0 Å². The second kappa shape index (κ2) is 28.3. The van der Waals surface area contributed by atoms with E-state index in [2.05, 4.69) is 73.6 Å². The van der Waals surface area contributed by atoms with E-state index in [1.165, 1.54) is 231 Å². The first-order valence-electron chi connectivity index (χ1n) is 27.9. The molecule has 10 atom stereocenters. The minimum Gasteiger partial charge on any atom is -0.0885 e. The predicted molar refractivity (Wildman–Crippen MR) is 265 cm³/mol. The highest BCUT2D eigenvalue weighted by molar-refractivity contribution is 5.21. The molecule has 0 aliphatic heterocycles. The largest absolute Gasteiger partial charge is 0.0885 e. The lowest BCUT2D eigenvalue weighted by atomic mass is 9.54. The van der Waals surface area contributed by atoms with Crippen LogP contribution in [0.3, 0.4) is 0 Å². The van der Waals surface area contributed by atoms with Gasteiger partial charge in [0.05, 0.1) is 0 Å². The van der Waals surface area contributed by atoms with Crippen molar-refractivity contribution in [3.8, 4) is 0 Å². The van der Waals surface area contributed by atoms with Gasteiger partial charge in [-0.2, -0.15) is 0 Å². The van der Waals surface area contributed by atoms with Crippen LogP contribution in [0.1, 0.15) is 287 Å². The maximum atomic E-state index is 2.89. The fraction of sp³-hybridized carbons (Fsp3) is 0.932. The van der Waals surface area contributed by atoms with Crippen LogP contribution in [0, 0.1) is 64.1 Å². The van der Waals surface area contributed by atoms with Gasteiger partial charge in [-0.05, 0) is 148 Å². The molecule has 4 rings (SSSR count). The maximum Gasteiger partial charge on any atom is -0.0113 e. The number of unbranched alkanes of at least 4 members (excludes halogenated alkanes) is 13. The van der Waals surface area contributed by atoms with Crippen LogP contribution in [0.4, 0.5) is 0 Å². The van der Waals surface area contributed by atoms with Crippen LogP contribution in [0.15, 0.2) is 23.8 Å². The molecule has 0 aromatic heterocycles. The molecule has 0 bridgehead atoms. The third-order valence-corrected chi connectivity index (χ3v) is 18.2. The van der Waals surface area contributed by atoms with Crippen molar-refractivity contribution < 1.29 is 0 Å². The summed E-state index contributed by atoms with van der Waals surface area (Å²) in [5, 5.41) is 0.